The number of nitrogens with one attached hydrogen (secondary N) is 2. The first-order valence-corrected chi connectivity index (χ1v) is 12.8. The summed E-state index contributed by atoms with van der Waals surface area (Å²) >= 11 is 7.32. The number of rotatable bonds is 6. The largest absolute Gasteiger partial charge is 0.358 e. The Hall–Kier alpha value is -2.76. The Bertz CT molecular complexity index is 1320. The number of nitrogens with zero attached hydrogens (tertiary/aromatic N) is 2. The van der Waals surface area contributed by atoms with Crippen LogP contribution in [0.1, 0.15) is 14.5 Å². The molecule has 174 valence electrons. The van der Waals surface area contributed by atoms with Gasteiger partial charge in [0.25, 0.3) is 11.8 Å². The normalized spacial score (nSPS) is 15.1. The van der Waals surface area contributed by atoms with Crippen LogP contribution in [-0.2, 0) is 10.0 Å². The van der Waals surface area contributed by atoms with Gasteiger partial charge in [-0.15, -0.1) is 11.3 Å². The molecule has 0 radical (unpaired) electrons. The molecule has 7 nitrogen and oxygen atoms in total. The van der Waals surface area contributed by atoms with E-state index in [1.54, 1.807) is 29.3 Å². The number of pyridine rings is 1. The van der Waals surface area contributed by atoms with Crippen LogP contribution < -0.4 is 14.9 Å². The monoisotopic (exact) mass is 512 g/mol. The summed E-state index contributed by atoms with van der Waals surface area (Å²) in [5.41, 5.74) is 2.57. The van der Waals surface area contributed by atoms with Gasteiger partial charge in [0, 0.05) is 21.2 Å². The molecule has 1 amide bonds. The molecule has 0 atom stereocenters. The minimum atomic E-state index is -3.50. The third-order valence-electron chi connectivity index (χ3n) is 4.83. The Morgan fingerprint density at radius 3 is 2.48 bits per heavy atom. The molecular weight excluding hydrogens is 494 g/mol. The average molecular weight is 513 g/mol. The molecule has 3 heterocycles. The van der Waals surface area contributed by atoms with E-state index >= 15 is 0 Å². The average Bonchev–Trinajstić information content (AvgIpc) is 3.06. The highest BCUT2D eigenvalue weighted by Crippen LogP contribution is 2.34. The van der Waals surface area contributed by atoms with Crippen molar-refractivity contribution < 1.29 is 22.0 Å². The number of aryl methyl sites for hydroxylation is 1. The van der Waals surface area contributed by atoms with Crippen molar-refractivity contribution in [2.75, 3.05) is 34.3 Å². The van der Waals surface area contributed by atoms with Gasteiger partial charge in [0.15, 0.2) is 0 Å². The lowest BCUT2D eigenvalue weighted by molar-refractivity contribution is -0.0262. The highest BCUT2D eigenvalue weighted by molar-refractivity contribution is 7.92. The van der Waals surface area contributed by atoms with E-state index in [-0.39, 0.29) is 29.7 Å². The van der Waals surface area contributed by atoms with E-state index in [0.717, 1.165) is 16.7 Å². The van der Waals surface area contributed by atoms with Crippen LogP contribution in [0, 0.1) is 6.92 Å². The quantitative estimate of drug-likeness (QED) is 0.492. The number of benzene rings is 1. The first kappa shape index (κ1) is 23.4. The van der Waals surface area contributed by atoms with E-state index in [9.17, 15) is 22.0 Å². The first-order chi connectivity index (χ1) is 15.4. The van der Waals surface area contributed by atoms with Crippen LogP contribution >= 0.6 is 22.9 Å². The maximum Gasteiger partial charge on any atom is 0.282 e. The van der Waals surface area contributed by atoms with Crippen molar-refractivity contribution >= 4 is 55.9 Å². The third kappa shape index (κ3) is 5.60. The lowest BCUT2D eigenvalue weighted by Crippen LogP contribution is -2.56. The molecule has 0 bridgehead atoms. The zero-order valence-electron chi connectivity index (χ0n) is 17.5. The lowest BCUT2D eigenvalue weighted by Gasteiger charge is -2.40. The van der Waals surface area contributed by atoms with E-state index in [2.05, 4.69) is 15.0 Å². The minimum Gasteiger partial charge on any atom is -0.358 e. The summed E-state index contributed by atoms with van der Waals surface area (Å²) in [4.78, 5) is 20.0. The summed E-state index contributed by atoms with van der Waals surface area (Å²) in [5.74, 6) is -3.04. The predicted molar refractivity (Wildman–Crippen MR) is 127 cm³/mol. The van der Waals surface area contributed by atoms with Crippen molar-refractivity contribution in [3.8, 4) is 11.3 Å². The summed E-state index contributed by atoms with van der Waals surface area (Å²) in [5, 5.41) is 2.97. The first-order valence-electron chi connectivity index (χ1n) is 9.68. The number of hydrogen-bond donors (Lipinski definition) is 2. The van der Waals surface area contributed by atoms with Crippen molar-refractivity contribution in [3.05, 3.63) is 57.4 Å². The van der Waals surface area contributed by atoms with Gasteiger partial charge < -0.3 is 10.2 Å². The molecule has 3 aromatic rings. The van der Waals surface area contributed by atoms with Gasteiger partial charge in [0.2, 0.25) is 10.0 Å². The van der Waals surface area contributed by atoms with E-state index in [1.807, 2.05) is 6.92 Å². The van der Waals surface area contributed by atoms with Gasteiger partial charge in [-0.05, 0) is 43.3 Å². The summed E-state index contributed by atoms with van der Waals surface area (Å²) in [7, 11) is -3.50. The topological polar surface area (TPSA) is 91.4 Å². The van der Waals surface area contributed by atoms with Crippen LogP contribution in [-0.4, -0.2) is 44.6 Å². The Morgan fingerprint density at radius 1 is 1.18 bits per heavy atom. The number of sulfonamides is 1. The van der Waals surface area contributed by atoms with Gasteiger partial charge in [-0.2, -0.15) is 0 Å². The molecule has 2 N–H and O–H groups in total. The fourth-order valence-corrected chi connectivity index (χ4v) is 5.11. The van der Waals surface area contributed by atoms with Gasteiger partial charge in [-0.3, -0.25) is 14.5 Å². The number of carbonyl (C=O) groups excluding carboxylic acids is 1. The molecule has 0 aliphatic carbocycles. The van der Waals surface area contributed by atoms with Gasteiger partial charge in [0.05, 0.1) is 47.5 Å². The molecule has 1 fully saturated rings. The van der Waals surface area contributed by atoms with Crippen molar-refractivity contribution in [2.45, 2.75) is 12.8 Å². The lowest BCUT2D eigenvalue weighted by atomic mass is 10.1. The second kappa shape index (κ2) is 8.54. The van der Waals surface area contributed by atoms with Crippen LogP contribution in [0.2, 0.25) is 5.02 Å². The highest BCUT2D eigenvalue weighted by Gasteiger charge is 2.44. The number of amides is 1. The molecule has 2 aromatic heterocycles. The van der Waals surface area contributed by atoms with E-state index in [4.69, 9.17) is 11.6 Å². The number of aromatic nitrogens is 1. The standard InChI is InChI=1S/C21H19ClF2N4O3S2/c1-12-17(18-4-3-16(9-25-18)28-10-21(23,24)11-28)8-19(32-12)20(29)26-14-5-13(22)6-15(7-14)27-33(2,30)31/h3-9,27H,10-11H2,1-2H3,(H,26,29). The van der Waals surface area contributed by atoms with Crippen LogP contribution in [0.25, 0.3) is 11.3 Å². The zero-order chi connectivity index (χ0) is 24.0. The fourth-order valence-electron chi connectivity index (χ4n) is 3.40. The van der Waals surface area contributed by atoms with Gasteiger partial charge in [0.1, 0.15) is 0 Å². The summed E-state index contributed by atoms with van der Waals surface area (Å²) in [6.45, 7) is 1.22. The maximum atomic E-state index is 13.1. The SMILES string of the molecule is Cc1sc(C(=O)Nc2cc(Cl)cc(NS(C)(=O)=O)c2)cc1-c1ccc(N2CC(F)(F)C2)cn1. The molecule has 1 aromatic carbocycles. The van der Waals surface area contributed by atoms with Gasteiger partial charge >= 0.3 is 0 Å². The van der Waals surface area contributed by atoms with E-state index in [1.165, 1.54) is 29.5 Å². The zero-order valence-corrected chi connectivity index (χ0v) is 19.9. The molecule has 4 rings (SSSR count). The molecule has 0 unspecified atom stereocenters. The van der Waals surface area contributed by atoms with Crippen LogP contribution in [0.5, 0.6) is 0 Å². The number of anilines is 3. The van der Waals surface area contributed by atoms with Crippen molar-refractivity contribution in [1.82, 2.24) is 4.98 Å². The third-order valence-corrected chi connectivity index (χ3v) is 6.71. The second-order valence-electron chi connectivity index (χ2n) is 7.75. The molecule has 0 saturated carbocycles. The minimum absolute atomic E-state index is 0.229. The molecule has 1 aliphatic heterocycles. The number of halogens is 3. The second-order valence-corrected chi connectivity index (χ2v) is 11.2. The Labute approximate surface area is 198 Å². The summed E-state index contributed by atoms with van der Waals surface area (Å²) in [6.07, 6.45) is 2.56. The van der Waals surface area contributed by atoms with Crippen molar-refractivity contribution in [2.24, 2.45) is 0 Å². The molecule has 33 heavy (non-hydrogen) atoms. The van der Waals surface area contributed by atoms with Gasteiger partial charge in [-0.25, -0.2) is 17.2 Å². The van der Waals surface area contributed by atoms with Crippen molar-refractivity contribution in [1.29, 1.82) is 0 Å². The number of hydrogen-bond acceptors (Lipinski definition) is 6. The summed E-state index contributed by atoms with van der Waals surface area (Å²) in [6, 6.07) is 9.58. The molecular formula is C21H19ClF2N4O3S2. The van der Waals surface area contributed by atoms with Gasteiger partial charge in [-0.1, -0.05) is 11.6 Å². The van der Waals surface area contributed by atoms with Crippen LogP contribution in [0.15, 0.2) is 42.6 Å². The van der Waals surface area contributed by atoms with E-state index < -0.39 is 15.9 Å². The molecule has 1 saturated heterocycles. The van der Waals surface area contributed by atoms with Crippen LogP contribution in [0.3, 0.4) is 0 Å². The molecule has 1 aliphatic rings. The van der Waals surface area contributed by atoms with E-state index in [0.29, 0.717) is 21.9 Å². The highest BCUT2D eigenvalue weighted by atomic mass is 35.5. The molecule has 12 heteroatoms. The fraction of sp³-hybridized carbons (Fsp3) is 0.238. The van der Waals surface area contributed by atoms with Crippen LogP contribution in [0.4, 0.5) is 25.8 Å². The smallest absolute Gasteiger partial charge is 0.282 e. The number of alkyl halides is 2. The maximum absolute atomic E-state index is 13.1. The Kier molecular flexibility index (Phi) is 6.06. The number of carbonyl (C=O) groups is 1. The Morgan fingerprint density at radius 2 is 1.88 bits per heavy atom. The summed E-state index contributed by atoms with van der Waals surface area (Å²) < 4.78 is 51.4. The molecule has 0 spiro atoms. The van der Waals surface area contributed by atoms with Crippen molar-refractivity contribution in [3.63, 3.8) is 0 Å². The predicted octanol–water partition coefficient (Wildman–Crippen LogP) is 4.85. The number of thiophene rings is 1. The Balaban J connectivity index is 1.50.